The lowest BCUT2D eigenvalue weighted by Gasteiger charge is -2.22. The SMILES string of the molecule is CC(C)c1ccc(NC(=O)c2ccc(N(Cc3ccc(F)cc3)S(C)(=O)=O)cc2)cc1. The van der Waals surface area contributed by atoms with Crippen LogP contribution in [0.2, 0.25) is 0 Å². The Labute approximate surface area is 182 Å². The molecule has 1 N–H and O–H groups in total. The molecule has 0 radical (unpaired) electrons. The molecule has 0 aromatic heterocycles. The Morgan fingerprint density at radius 2 is 1.52 bits per heavy atom. The molecular formula is C24H25FN2O3S. The fraction of sp³-hybridized carbons (Fsp3) is 0.208. The van der Waals surface area contributed by atoms with Crippen LogP contribution >= 0.6 is 0 Å². The van der Waals surface area contributed by atoms with Crippen molar-refractivity contribution in [1.82, 2.24) is 0 Å². The number of nitrogens with one attached hydrogen (secondary N) is 1. The molecule has 0 fully saturated rings. The fourth-order valence-corrected chi connectivity index (χ4v) is 3.98. The second-order valence-electron chi connectivity index (χ2n) is 7.67. The second-order valence-corrected chi connectivity index (χ2v) is 9.58. The average Bonchev–Trinajstić information content (AvgIpc) is 2.73. The lowest BCUT2D eigenvalue weighted by atomic mass is 10.0. The first kappa shape index (κ1) is 22.5. The third-order valence-corrected chi connectivity index (χ3v) is 6.03. The summed E-state index contributed by atoms with van der Waals surface area (Å²) in [6, 6.07) is 19.7. The summed E-state index contributed by atoms with van der Waals surface area (Å²) >= 11 is 0. The number of hydrogen-bond acceptors (Lipinski definition) is 3. The van der Waals surface area contributed by atoms with Crippen molar-refractivity contribution in [3.8, 4) is 0 Å². The van der Waals surface area contributed by atoms with Gasteiger partial charge in [0, 0.05) is 11.3 Å². The number of rotatable bonds is 7. The van der Waals surface area contributed by atoms with Crippen LogP contribution in [0.1, 0.15) is 41.3 Å². The van der Waals surface area contributed by atoms with E-state index in [1.165, 1.54) is 22.0 Å². The molecule has 0 heterocycles. The topological polar surface area (TPSA) is 66.5 Å². The molecule has 0 aliphatic heterocycles. The number of carbonyl (C=O) groups excluding carboxylic acids is 1. The van der Waals surface area contributed by atoms with Gasteiger partial charge in [-0.15, -0.1) is 0 Å². The molecule has 3 aromatic carbocycles. The molecule has 0 unspecified atom stereocenters. The van der Waals surface area contributed by atoms with Crippen molar-refractivity contribution >= 4 is 27.3 Å². The number of benzene rings is 3. The van der Waals surface area contributed by atoms with Crippen LogP contribution in [0.3, 0.4) is 0 Å². The third-order valence-electron chi connectivity index (χ3n) is 4.89. The molecule has 0 saturated carbocycles. The van der Waals surface area contributed by atoms with Crippen LogP contribution in [-0.2, 0) is 16.6 Å². The molecule has 0 saturated heterocycles. The smallest absolute Gasteiger partial charge is 0.255 e. The van der Waals surface area contributed by atoms with Gasteiger partial charge in [-0.05, 0) is 65.6 Å². The van der Waals surface area contributed by atoms with E-state index in [0.29, 0.717) is 28.4 Å². The first-order valence-corrected chi connectivity index (χ1v) is 11.7. The summed E-state index contributed by atoms with van der Waals surface area (Å²) in [6.45, 7) is 4.27. The predicted molar refractivity (Wildman–Crippen MR) is 122 cm³/mol. The maximum absolute atomic E-state index is 13.1. The van der Waals surface area contributed by atoms with Gasteiger partial charge in [0.1, 0.15) is 5.82 Å². The van der Waals surface area contributed by atoms with Crippen molar-refractivity contribution in [3.05, 3.63) is 95.3 Å². The molecule has 0 spiro atoms. The van der Waals surface area contributed by atoms with Crippen LogP contribution in [0, 0.1) is 5.82 Å². The summed E-state index contributed by atoms with van der Waals surface area (Å²) in [5.41, 5.74) is 3.35. The molecule has 0 bridgehead atoms. The van der Waals surface area contributed by atoms with E-state index in [4.69, 9.17) is 0 Å². The van der Waals surface area contributed by atoms with Crippen molar-refractivity contribution in [2.75, 3.05) is 15.9 Å². The number of carbonyl (C=O) groups is 1. The Bertz CT molecular complexity index is 1140. The fourth-order valence-electron chi connectivity index (χ4n) is 3.09. The van der Waals surface area contributed by atoms with Crippen LogP contribution in [0.4, 0.5) is 15.8 Å². The summed E-state index contributed by atoms with van der Waals surface area (Å²) in [5.74, 6) is -0.262. The summed E-state index contributed by atoms with van der Waals surface area (Å²) in [7, 11) is -3.58. The van der Waals surface area contributed by atoms with E-state index < -0.39 is 10.0 Å². The summed E-state index contributed by atoms with van der Waals surface area (Å²) in [6.07, 6.45) is 1.11. The highest BCUT2D eigenvalue weighted by molar-refractivity contribution is 7.92. The lowest BCUT2D eigenvalue weighted by Crippen LogP contribution is -2.29. The minimum atomic E-state index is -3.58. The van der Waals surface area contributed by atoms with Gasteiger partial charge in [-0.25, -0.2) is 12.8 Å². The highest BCUT2D eigenvalue weighted by Gasteiger charge is 2.18. The molecule has 7 heteroatoms. The zero-order chi connectivity index (χ0) is 22.6. The van der Waals surface area contributed by atoms with E-state index in [0.717, 1.165) is 6.26 Å². The highest BCUT2D eigenvalue weighted by atomic mass is 32.2. The molecule has 0 aliphatic rings. The molecule has 31 heavy (non-hydrogen) atoms. The van der Waals surface area contributed by atoms with Crippen LogP contribution < -0.4 is 9.62 Å². The summed E-state index contributed by atoms with van der Waals surface area (Å²) < 4.78 is 39.0. The minimum Gasteiger partial charge on any atom is -0.322 e. The van der Waals surface area contributed by atoms with Gasteiger partial charge < -0.3 is 5.32 Å². The molecule has 5 nitrogen and oxygen atoms in total. The van der Waals surface area contributed by atoms with Crippen molar-refractivity contribution in [2.24, 2.45) is 0 Å². The van der Waals surface area contributed by atoms with Gasteiger partial charge in [0.2, 0.25) is 10.0 Å². The number of nitrogens with zero attached hydrogens (tertiary/aromatic N) is 1. The van der Waals surface area contributed by atoms with Gasteiger partial charge in [-0.2, -0.15) is 0 Å². The Morgan fingerprint density at radius 1 is 0.935 bits per heavy atom. The van der Waals surface area contributed by atoms with E-state index in [9.17, 15) is 17.6 Å². The van der Waals surface area contributed by atoms with Crippen LogP contribution in [0.15, 0.2) is 72.8 Å². The van der Waals surface area contributed by atoms with Crippen LogP contribution in [-0.4, -0.2) is 20.6 Å². The van der Waals surface area contributed by atoms with Gasteiger partial charge in [0.05, 0.1) is 18.5 Å². The normalized spacial score (nSPS) is 11.4. The van der Waals surface area contributed by atoms with Crippen LogP contribution in [0.25, 0.3) is 0 Å². The monoisotopic (exact) mass is 440 g/mol. The lowest BCUT2D eigenvalue weighted by molar-refractivity contribution is 0.102. The van der Waals surface area contributed by atoms with Crippen LogP contribution in [0.5, 0.6) is 0 Å². The highest BCUT2D eigenvalue weighted by Crippen LogP contribution is 2.22. The Hall–Kier alpha value is -3.19. The van der Waals surface area contributed by atoms with Crippen molar-refractivity contribution < 1.29 is 17.6 Å². The van der Waals surface area contributed by atoms with Gasteiger partial charge in [0.25, 0.3) is 5.91 Å². The number of sulfonamides is 1. The van der Waals surface area contributed by atoms with Gasteiger partial charge in [-0.1, -0.05) is 38.1 Å². The molecule has 1 amide bonds. The summed E-state index contributed by atoms with van der Waals surface area (Å²) in [4.78, 5) is 12.6. The Morgan fingerprint density at radius 3 is 2.03 bits per heavy atom. The van der Waals surface area contributed by atoms with E-state index in [2.05, 4.69) is 19.2 Å². The minimum absolute atomic E-state index is 0.0624. The summed E-state index contributed by atoms with van der Waals surface area (Å²) in [5, 5.41) is 2.84. The molecule has 3 aromatic rings. The maximum atomic E-state index is 13.1. The van der Waals surface area contributed by atoms with E-state index >= 15 is 0 Å². The third kappa shape index (κ3) is 5.92. The number of anilines is 2. The molecule has 3 rings (SSSR count). The van der Waals surface area contributed by atoms with Gasteiger partial charge >= 0.3 is 0 Å². The largest absolute Gasteiger partial charge is 0.322 e. The van der Waals surface area contributed by atoms with Gasteiger partial charge in [0.15, 0.2) is 0 Å². The number of amides is 1. The second kappa shape index (κ2) is 9.31. The Kier molecular flexibility index (Phi) is 6.75. The molecule has 0 atom stereocenters. The molecule has 162 valence electrons. The van der Waals surface area contributed by atoms with Crippen molar-refractivity contribution in [1.29, 1.82) is 0 Å². The average molecular weight is 441 g/mol. The standard InChI is InChI=1S/C24H25FN2O3S/c1-17(2)19-6-12-22(13-7-19)26-24(28)20-8-14-23(15-9-20)27(31(3,29)30)16-18-4-10-21(25)11-5-18/h4-15,17H,16H2,1-3H3,(H,26,28). The quantitative estimate of drug-likeness (QED) is 0.551. The Balaban J connectivity index is 1.75. The number of halogens is 1. The van der Waals surface area contributed by atoms with E-state index in [1.54, 1.807) is 36.4 Å². The zero-order valence-corrected chi connectivity index (χ0v) is 18.5. The van der Waals surface area contributed by atoms with Crippen molar-refractivity contribution in [3.63, 3.8) is 0 Å². The first-order chi connectivity index (χ1) is 14.6. The van der Waals surface area contributed by atoms with Crippen molar-refractivity contribution in [2.45, 2.75) is 26.3 Å². The zero-order valence-electron chi connectivity index (χ0n) is 17.7. The predicted octanol–water partition coefficient (Wildman–Crippen LogP) is 5.17. The number of hydrogen-bond donors (Lipinski definition) is 1. The molecule has 0 aliphatic carbocycles. The van der Waals surface area contributed by atoms with E-state index in [1.807, 2.05) is 24.3 Å². The first-order valence-electron chi connectivity index (χ1n) is 9.87. The molecular weight excluding hydrogens is 415 g/mol. The maximum Gasteiger partial charge on any atom is 0.255 e. The van der Waals surface area contributed by atoms with Gasteiger partial charge in [-0.3, -0.25) is 9.10 Å². The van der Waals surface area contributed by atoms with E-state index in [-0.39, 0.29) is 18.3 Å².